The first-order valence-electron chi connectivity index (χ1n) is 8.15. The van der Waals surface area contributed by atoms with E-state index < -0.39 is 54.2 Å². The Morgan fingerprint density at radius 3 is 2.42 bits per heavy atom. The van der Waals surface area contributed by atoms with Crippen molar-refractivity contribution in [1.29, 1.82) is 0 Å². The molecule has 0 aromatic carbocycles. The van der Waals surface area contributed by atoms with Crippen LogP contribution in [0.25, 0.3) is 0 Å². The molecule has 0 radical (unpaired) electrons. The smallest absolute Gasteiger partial charge is 0.383 e. The van der Waals surface area contributed by atoms with Gasteiger partial charge < -0.3 is 40.1 Å². The van der Waals surface area contributed by atoms with Gasteiger partial charge in [0, 0.05) is 11.8 Å². The molecule has 2 aliphatic rings. The maximum atomic E-state index is 14.8. The van der Waals surface area contributed by atoms with E-state index in [0.717, 1.165) is 6.92 Å². The third-order valence-corrected chi connectivity index (χ3v) is 7.85. The summed E-state index contributed by atoms with van der Waals surface area (Å²) in [5.41, 5.74) is 3.91. The first-order valence-corrected chi connectivity index (χ1v) is 12.7. The SMILES string of the molecule is C=C1N=C(N)C(C)=CN1[C@@H]1O[C@H](COP(=O)(O)OP(=O)(O)OP(=O)(O)O)[C@H](F)C1(C)O. The third-order valence-electron chi connectivity index (χ3n) is 4.04. The summed E-state index contributed by atoms with van der Waals surface area (Å²) >= 11 is 0. The van der Waals surface area contributed by atoms with E-state index >= 15 is 0 Å². The molecule has 7 N–H and O–H groups in total. The van der Waals surface area contributed by atoms with Crippen molar-refractivity contribution in [2.24, 2.45) is 10.7 Å². The highest BCUT2D eigenvalue weighted by molar-refractivity contribution is 7.66. The molecular formula is C12H21FN3O12P3. The summed E-state index contributed by atoms with van der Waals surface area (Å²) in [6.45, 7) is 5.21. The van der Waals surface area contributed by atoms with Gasteiger partial charge in [-0.3, -0.25) is 4.52 Å². The van der Waals surface area contributed by atoms with Gasteiger partial charge >= 0.3 is 23.5 Å². The lowest BCUT2D eigenvalue weighted by atomic mass is 9.97. The molecule has 0 aromatic rings. The van der Waals surface area contributed by atoms with Gasteiger partial charge in [-0.15, -0.1) is 0 Å². The zero-order valence-electron chi connectivity index (χ0n) is 16.0. The average molecular weight is 511 g/mol. The summed E-state index contributed by atoms with van der Waals surface area (Å²) in [5.74, 6) is 0.147. The zero-order chi connectivity index (χ0) is 24.0. The van der Waals surface area contributed by atoms with Crippen LogP contribution in [0.2, 0.25) is 0 Å². The van der Waals surface area contributed by atoms with Crippen molar-refractivity contribution in [3.05, 3.63) is 24.2 Å². The fourth-order valence-electron chi connectivity index (χ4n) is 2.66. The number of phosphoric ester groups is 1. The molecule has 0 aliphatic carbocycles. The maximum Gasteiger partial charge on any atom is 0.490 e. The highest BCUT2D eigenvalue weighted by Crippen LogP contribution is 2.66. The van der Waals surface area contributed by atoms with Gasteiger partial charge in [-0.05, 0) is 13.8 Å². The van der Waals surface area contributed by atoms with E-state index in [9.17, 15) is 28.1 Å². The Bertz CT molecular complexity index is 948. The lowest BCUT2D eigenvalue weighted by molar-refractivity contribution is -0.106. The second-order valence-corrected chi connectivity index (χ2v) is 11.1. The van der Waals surface area contributed by atoms with E-state index in [1.807, 2.05) is 0 Å². The van der Waals surface area contributed by atoms with Crippen molar-refractivity contribution in [3.63, 3.8) is 0 Å². The molecule has 2 rings (SSSR count). The fourth-order valence-corrected chi connectivity index (χ4v) is 5.69. The number of hydrogen-bond donors (Lipinski definition) is 6. The molecule has 2 aliphatic heterocycles. The molecule has 1 saturated heterocycles. The summed E-state index contributed by atoms with van der Waals surface area (Å²) in [6.07, 6.45) is -3.91. The van der Waals surface area contributed by atoms with Gasteiger partial charge in [-0.1, -0.05) is 6.58 Å². The van der Waals surface area contributed by atoms with E-state index in [1.54, 1.807) is 6.92 Å². The minimum Gasteiger partial charge on any atom is -0.383 e. The molecule has 2 heterocycles. The quantitative estimate of drug-likeness (QED) is 0.239. The number of halogens is 1. The number of aliphatic imine (C=N–C) groups is 1. The number of rotatable bonds is 8. The number of alkyl halides is 1. The molecule has 0 saturated carbocycles. The fraction of sp³-hybridized carbons (Fsp3) is 0.583. The Hall–Kier alpha value is -0.990. The summed E-state index contributed by atoms with van der Waals surface area (Å²) in [4.78, 5) is 40.7. The topological polar surface area (TPSA) is 231 Å². The van der Waals surface area contributed by atoms with E-state index in [2.05, 4.69) is 24.7 Å². The van der Waals surface area contributed by atoms with Crippen molar-refractivity contribution in [3.8, 4) is 0 Å². The van der Waals surface area contributed by atoms with E-state index in [0.29, 0.717) is 5.57 Å². The second-order valence-electron chi connectivity index (χ2n) is 6.67. The van der Waals surface area contributed by atoms with E-state index in [-0.39, 0.29) is 11.7 Å². The molecule has 15 nitrogen and oxygen atoms in total. The first kappa shape index (κ1) is 26.3. The van der Waals surface area contributed by atoms with Crippen LogP contribution in [0.4, 0.5) is 4.39 Å². The first-order chi connectivity index (χ1) is 13.8. The number of aliphatic hydroxyl groups is 1. The van der Waals surface area contributed by atoms with Crippen molar-refractivity contribution in [1.82, 2.24) is 4.90 Å². The largest absolute Gasteiger partial charge is 0.490 e. The molecule has 0 spiro atoms. The summed E-state index contributed by atoms with van der Waals surface area (Å²) in [5, 5.41) is 10.6. The van der Waals surface area contributed by atoms with Crippen molar-refractivity contribution >= 4 is 29.3 Å². The number of amidine groups is 1. The molecule has 6 atom stereocenters. The number of hydrogen-bond acceptors (Lipinski definition) is 11. The molecule has 0 bridgehead atoms. The third kappa shape index (κ3) is 6.51. The highest BCUT2D eigenvalue weighted by atomic mass is 31.3. The monoisotopic (exact) mass is 511 g/mol. The van der Waals surface area contributed by atoms with Crippen LogP contribution in [-0.4, -0.2) is 66.1 Å². The predicted octanol–water partition coefficient (Wildman–Crippen LogP) is 0.192. The summed E-state index contributed by atoms with van der Waals surface area (Å²) in [6, 6.07) is 0. The number of nitrogens with two attached hydrogens (primary N) is 1. The Morgan fingerprint density at radius 2 is 1.87 bits per heavy atom. The van der Waals surface area contributed by atoms with Crippen LogP contribution in [0.15, 0.2) is 29.2 Å². The maximum absolute atomic E-state index is 14.8. The molecule has 0 aromatic heterocycles. The lowest BCUT2D eigenvalue weighted by Gasteiger charge is -2.36. The second kappa shape index (κ2) is 8.75. The number of phosphoric acid groups is 3. The van der Waals surface area contributed by atoms with Crippen molar-refractivity contribution < 1.29 is 60.6 Å². The van der Waals surface area contributed by atoms with Gasteiger partial charge in [0.05, 0.1) is 6.61 Å². The van der Waals surface area contributed by atoms with Gasteiger partial charge in [0.1, 0.15) is 23.4 Å². The Labute approximate surface area is 175 Å². The van der Waals surface area contributed by atoms with E-state index in [4.69, 9.17) is 25.2 Å². The van der Waals surface area contributed by atoms with Crippen LogP contribution in [0.3, 0.4) is 0 Å². The van der Waals surface area contributed by atoms with Gasteiger partial charge in [0.15, 0.2) is 12.4 Å². The number of nitrogens with zero attached hydrogens (tertiary/aromatic N) is 2. The number of ether oxygens (including phenoxy) is 1. The molecule has 3 unspecified atom stereocenters. The summed E-state index contributed by atoms with van der Waals surface area (Å²) < 4.78 is 65.4. The van der Waals surface area contributed by atoms with Crippen LogP contribution in [0.1, 0.15) is 13.8 Å². The highest BCUT2D eigenvalue weighted by Gasteiger charge is 2.56. The molecular weight excluding hydrogens is 490 g/mol. The Kier molecular flexibility index (Phi) is 7.41. The Balaban J connectivity index is 2.10. The van der Waals surface area contributed by atoms with Crippen LogP contribution >= 0.6 is 23.5 Å². The normalized spacial score (nSPS) is 33.5. The van der Waals surface area contributed by atoms with Crippen molar-refractivity contribution in [2.75, 3.05) is 6.61 Å². The predicted molar refractivity (Wildman–Crippen MR) is 100 cm³/mol. The van der Waals surface area contributed by atoms with Crippen LogP contribution in [0.5, 0.6) is 0 Å². The molecule has 1 fully saturated rings. The van der Waals surface area contributed by atoms with Gasteiger partial charge in [0.25, 0.3) is 0 Å². The van der Waals surface area contributed by atoms with Gasteiger partial charge in [-0.25, -0.2) is 23.1 Å². The zero-order valence-corrected chi connectivity index (χ0v) is 18.7. The minimum atomic E-state index is -5.73. The molecule has 19 heteroatoms. The van der Waals surface area contributed by atoms with E-state index in [1.165, 1.54) is 11.1 Å². The summed E-state index contributed by atoms with van der Waals surface area (Å²) in [7, 11) is -16.8. The lowest BCUT2D eigenvalue weighted by Crippen LogP contribution is -2.50. The van der Waals surface area contributed by atoms with Crippen LogP contribution in [-0.2, 0) is 31.6 Å². The molecule has 31 heavy (non-hydrogen) atoms. The van der Waals surface area contributed by atoms with Gasteiger partial charge in [0.2, 0.25) is 0 Å². The van der Waals surface area contributed by atoms with Crippen molar-refractivity contribution in [2.45, 2.75) is 38.0 Å². The standard InChI is InChI=1S/C12H21FN3O12P3/c1-6-4-16(7(2)15-10(6)14)11-12(3,17)9(13)8(26-11)5-25-30(21,22)28-31(23,24)27-29(18,19)20/h4,8-9,11,17H,2,5H2,1,3H3,(H2,14,15)(H,21,22)(H,23,24)(H2,18,19,20)/t8-,9+,11-,12?/m1/s1. The Morgan fingerprint density at radius 1 is 1.29 bits per heavy atom. The average Bonchev–Trinajstić information content (AvgIpc) is 2.76. The molecule has 0 amide bonds. The van der Waals surface area contributed by atoms with Crippen LogP contribution in [0, 0.1) is 0 Å². The van der Waals surface area contributed by atoms with Gasteiger partial charge in [-0.2, -0.15) is 8.62 Å². The van der Waals surface area contributed by atoms with Crippen LogP contribution < -0.4 is 5.73 Å². The molecule has 178 valence electrons. The minimum absolute atomic E-state index is 0.00844.